The number of nitrogens with zero attached hydrogens (tertiary/aromatic N) is 1. The summed E-state index contributed by atoms with van der Waals surface area (Å²) < 4.78 is 40.5. The maximum absolute atomic E-state index is 13.7. The maximum Gasteiger partial charge on any atom is 0.244 e. The van der Waals surface area contributed by atoms with E-state index < -0.39 is 21.4 Å². The van der Waals surface area contributed by atoms with Crippen molar-refractivity contribution in [3.63, 3.8) is 0 Å². The zero-order chi connectivity index (χ0) is 15.7. The lowest BCUT2D eigenvalue weighted by Crippen LogP contribution is -2.45. The fraction of sp³-hybridized carbons (Fsp3) is 0.429. The largest absolute Gasteiger partial charge is 0.399 e. The molecule has 1 aromatic carbocycles. The first-order valence-corrected chi connectivity index (χ1v) is 7.65. The minimum atomic E-state index is -3.85. The van der Waals surface area contributed by atoms with Crippen LogP contribution in [0.3, 0.4) is 0 Å². The van der Waals surface area contributed by atoms with Crippen molar-refractivity contribution in [1.29, 1.82) is 0 Å². The van der Waals surface area contributed by atoms with Crippen LogP contribution < -0.4 is 5.73 Å². The lowest BCUT2D eigenvalue weighted by atomic mass is 10.1. The van der Waals surface area contributed by atoms with Crippen LogP contribution in [0.25, 0.3) is 0 Å². The van der Waals surface area contributed by atoms with E-state index in [9.17, 15) is 12.8 Å². The molecule has 0 spiro atoms. The zero-order valence-corrected chi connectivity index (χ0v) is 13.1. The van der Waals surface area contributed by atoms with Gasteiger partial charge in [0.05, 0.1) is 4.90 Å². The number of nitrogens with two attached hydrogens (primary N) is 1. The SMILES string of the molecule is C=CCN(C(C)(C)C)S(=O)(=O)c1cc(N)cc(F)c1C. The van der Waals surface area contributed by atoms with Crippen molar-refractivity contribution in [2.75, 3.05) is 12.3 Å². The summed E-state index contributed by atoms with van der Waals surface area (Å²) in [5, 5.41) is 0. The summed E-state index contributed by atoms with van der Waals surface area (Å²) in [4.78, 5) is -0.105. The normalized spacial score (nSPS) is 12.7. The molecule has 1 rings (SSSR count). The van der Waals surface area contributed by atoms with Crippen LogP contribution in [0.2, 0.25) is 0 Å². The van der Waals surface area contributed by atoms with Crippen LogP contribution in [-0.4, -0.2) is 24.8 Å². The Morgan fingerprint density at radius 3 is 2.40 bits per heavy atom. The van der Waals surface area contributed by atoms with Crippen LogP contribution in [0, 0.1) is 12.7 Å². The molecule has 0 aliphatic heterocycles. The average molecular weight is 300 g/mol. The fourth-order valence-electron chi connectivity index (χ4n) is 1.91. The number of hydrogen-bond acceptors (Lipinski definition) is 3. The highest BCUT2D eigenvalue weighted by Gasteiger charge is 2.34. The Morgan fingerprint density at radius 2 is 1.95 bits per heavy atom. The van der Waals surface area contributed by atoms with Gasteiger partial charge in [0.1, 0.15) is 5.82 Å². The number of halogens is 1. The number of sulfonamides is 1. The van der Waals surface area contributed by atoms with E-state index in [2.05, 4.69) is 6.58 Å². The second-order valence-electron chi connectivity index (χ2n) is 5.62. The highest BCUT2D eigenvalue weighted by molar-refractivity contribution is 7.89. The van der Waals surface area contributed by atoms with Crippen LogP contribution in [0.1, 0.15) is 26.3 Å². The smallest absolute Gasteiger partial charge is 0.244 e. The third-order valence-electron chi connectivity index (χ3n) is 2.93. The first kappa shape index (κ1) is 16.7. The zero-order valence-electron chi connectivity index (χ0n) is 12.3. The van der Waals surface area contributed by atoms with Gasteiger partial charge in [-0.05, 0) is 39.8 Å². The molecule has 0 unspecified atom stereocenters. The predicted molar refractivity (Wildman–Crippen MR) is 79.4 cm³/mol. The van der Waals surface area contributed by atoms with Crippen LogP contribution in [0.4, 0.5) is 10.1 Å². The molecular weight excluding hydrogens is 279 g/mol. The Kier molecular flexibility index (Phi) is 4.61. The molecule has 0 saturated heterocycles. The maximum atomic E-state index is 13.7. The molecule has 0 fully saturated rings. The second kappa shape index (κ2) is 5.54. The highest BCUT2D eigenvalue weighted by atomic mass is 32.2. The van der Waals surface area contributed by atoms with E-state index in [1.54, 1.807) is 20.8 Å². The average Bonchev–Trinajstić information content (AvgIpc) is 2.28. The second-order valence-corrected chi connectivity index (χ2v) is 7.45. The minimum absolute atomic E-state index is 0.0671. The molecule has 6 heteroatoms. The topological polar surface area (TPSA) is 63.4 Å². The third-order valence-corrected chi connectivity index (χ3v) is 5.19. The molecule has 1 aromatic rings. The van der Waals surface area contributed by atoms with Gasteiger partial charge in [0.2, 0.25) is 10.0 Å². The van der Waals surface area contributed by atoms with Crippen molar-refractivity contribution in [3.05, 3.63) is 36.2 Å². The minimum Gasteiger partial charge on any atom is -0.399 e. The van der Waals surface area contributed by atoms with Crippen molar-refractivity contribution in [3.8, 4) is 0 Å². The van der Waals surface area contributed by atoms with Crippen LogP contribution >= 0.6 is 0 Å². The van der Waals surface area contributed by atoms with Gasteiger partial charge in [-0.25, -0.2) is 12.8 Å². The van der Waals surface area contributed by atoms with Crippen molar-refractivity contribution in [1.82, 2.24) is 4.31 Å². The Hall–Kier alpha value is -1.40. The molecule has 4 nitrogen and oxygen atoms in total. The van der Waals surface area contributed by atoms with Gasteiger partial charge in [0.25, 0.3) is 0 Å². The van der Waals surface area contributed by atoms with Crippen LogP contribution in [-0.2, 0) is 10.0 Å². The Labute approximate surface area is 120 Å². The molecule has 0 saturated carbocycles. The molecule has 0 aromatic heterocycles. The van der Waals surface area contributed by atoms with Gasteiger partial charge >= 0.3 is 0 Å². The third kappa shape index (κ3) is 3.19. The molecule has 2 N–H and O–H groups in total. The summed E-state index contributed by atoms with van der Waals surface area (Å²) in [6.45, 7) is 10.5. The summed E-state index contributed by atoms with van der Waals surface area (Å²) in [7, 11) is -3.85. The van der Waals surface area contributed by atoms with E-state index in [1.807, 2.05) is 0 Å². The van der Waals surface area contributed by atoms with Gasteiger partial charge in [-0.1, -0.05) is 6.08 Å². The van der Waals surface area contributed by atoms with Gasteiger partial charge in [-0.3, -0.25) is 0 Å². The monoisotopic (exact) mass is 300 g/mol. The van der Waals surface area contributed by atoms with Gasteiger partial charge < -0.3 is 5.73 Å². The number of benzene rings is 1. The van der Waals surface area contributed by atoms with E-state index in [-0.39, 0.29) is 22.7 Å². The summed E-state index contributed by atoms with van der Waals surface area (Å²) in [6, 6.07) is 2.40. The lowest BCUT2D eigenvalue weighted by Gasteiger charge is -2.34. The number of anilines is 1. The Bertz CT molecular complexity index is 619. The first-order chi connectivity index (χ1) is 9.01. The molecule has 0 aliphatic carbocycles. The molecule has 112 valence electrons. The van der Waals surface area contributed by atoms with E-state index in [1.165, 1.54) is 23.4 Å². The van der Waals surface area contributed by atoms with Gasteiger partial charge in [-0.15, -0.1) is 6.58 Å². The number of rotatable bonds is 4. The fourth-order valence-corrected chi connectivity index (χ4v) is 3.94. The van der Waals surface area contributed by atoms with Crippen LogP contribution in [0.15, 0.2) is 29.7 Å². The van der Waals surface area contributed by atoms with E-state index in [0.29, 0.717) is 0 Å². The Balaban J connectivity index is 3.53. The molecular formula is C14H21FN2O2S. The lowest BCUT2D eigenvalue weighted by molar-refractivity contribution is 0.269. The van der Waals surface area contributed by atoms with Crippen molar-refractivity contribution in [2.45, 2.75) is 38.1 Å². The number of nitrogen functional groups attached to an aromatic ring is 1. The molecule has 0 amide bonds. The summed E-state index contributed by atoms with van der Waals surface area (Å²) in [5.74, 6) is -0.629. The summed E-state index contributed by atoms with van der Waals surface area (Å²) in [5.41, 5.74) is 5.06. The van der Waals surface area contributed by atoms with E-state index in [0.717, 1.165) is 6.07 Å². The molecule has 0 radical (unpaired) electrons. The summed E-state index contributed by atoms with van der Waals surface area (Å²) in [6.07, 6.45) is 1.50. The standard InChI is InChI=1S/C14H21FN2O2S/c1-6-7-17(14(3,4)5)20(18,19)13-9-11(16)8-12(15)10(13)2/h6,8-9H,1,7,16H2,2-5H3. The quantitative estimate of drug-likeness (QED) is 0.687. The highest BCUT2D eigenvalue weighted by Crippen LogP contribution is 2.29. The van der Waals surface area contributed by atoms with Gasteiger partial charge in [0, 0.05) is 23.3 Å². The Morgan fingerprint density at radius 1 is 1.40 bits per heavy atom. The van der Waals surface area contributed by atoms with Gasteiger partial charge in [-0.2, -0.15) is 4.31 Å². The molecule has 0 heterocycles. The van der Waals surface area contributed by atoms with Crippen LogP contribution in [0.5, 0.6) is 0 Å². The van der Waals surface area contributed by atoms with Gasteiger partial charge in [0.15, 0.2) is 0 Å². The number of hydrogen-bond donors (Lipinski definition) is 1. The predicted octanol–water partition coefficient (Wildman–Crippen LogP) is 2.69. The molecule has 20 heavy (non-hydrogen) atoms. The first-order valence-electron chi connectivity index (χ1n) is 6.21. The van der Waals surface area contributed by atoms with Crippen molar-refractivity contribution < 1.29 is 12.8 Å². The van der Waals surface area contributed by atoms with Crippen molar-refractivity contribution >= 4 is 15.7 Å². The summed E-state index contributed by atoms with van der Waals surface area (Å²) >= 11 is 0. The van der Waals surface area contributed by atoms with Crippen molar-refractivity contribution in [2.24, 2.45) is 0 Å². The molecule has 0 atom stereocenters. The van der Waals surface area contributed by atoms with E-state index in [4.69, 9.17) is 5.73 Å². The van der Waals surface area contributed by atoms with E-state index >= 15 is 0 Å². The molecule has 0 bridgehead atoms. The molecule has 0 aliphatic rings.